The lowest BCUT2D eigenvalue weighted by Gasteiger charge is -2.23. The van der Waals surface area contributed by atoms with E-state index in [1.807, 2.05) is 0 Å². The van der Waals surface area contributed by atoms with Crippen LogP contribution in [-0.4, -0.2) is 43.2 Å². The summed E-state index contributed by atoms with van der Waals surface area (Å²) in [6.07, 6.45) is 3.66. The van der Waals surface area contributed by atoms with Gasteiger partial charge in [-0.2, -0.15) is 10.2 Å². The SMILES string of the molecule is COc1nnc(C(F)F)cc1-c1cc(C)ncc1C(=O)Nc1nc2ncc(C3CCC(C#N)CC3)nc2s1. The van der Waals surface area contributed by atoms with Crippen LogP contribution in [-0.2, 0) is 0 Å². The van der Waals surface area contributed by atoms with E-state index in [0.29, 0.717) is 21.7 Å². The number of nitrogens with one attached hydrogen (secondary N) is 1. The van der Waals surface area contributed by atoms with Gasteiger partial charge in [0.1, 0.15) is 5.69 Å². The summed E-state index contributed by atoms with van der Waals surface area (Å²) >= 11 is 1.19. The highest BCUT2D eigenvalue weighted by molar-refractivity contribution is 7.21. The predicted molar refractivity (Wildman–Crippen MR) is 135 cm³/mol. The number of pyridine rings is 1. The van der Waals surface area contributed by atoms with Crippen LogP contribution in [0.5, 0.6) is 5.88 Å². The minimum Gasteiger partial charge on any atom is -0.479 e. The van der Waals surface area contributed by atoms with Crippen LogP contribution in [0.3, 0.4) is 0 Å². The molecule has 5 rings (SSSR count). The second kappa shape index (κ2) is 10.7. The Morgan fingerprint density at radius 3 is 2.63 bits per heavy atom. The topological polar surface area (TPSA) is 139 Å². The molecule has 0 bridgehead atoms. The molecule has 0 aliphatic heterocycles. The molecule has 0 spiro atoms. The largest absolute Gasteiger partial charge is 0.479 e. The van der Waals surface area contributed by atoms with Gasteiger partial charge in [-0.3, -0.25) is 15.1 Å². The van der Waals surface area contributed by atoms with Crippen LogP contribution in [0.4, 0.5) is 13.9 Å². The highest BCUT2D eigenvalue weighted by Crippen LogP contribution is 2.36. The number of amides is 1. The lowest BCUT2D eigenvalue weighted by molar-refractivity contribution is 0.102. The summed E-state index contributed by atoms with van der Waals surface area (Å²) in [7, 11) is 1.34. The van der Waals surface area contributed by atoms with Gasteiger partial charge in [-0.1, -0.05) is 11.3 Å². The lowest BCUT2D eigenvalue weighted by atomic mass is 9.81. The third kappa shape index (κ3) is 5.12. The number of hydrogen-bond acceptors (Lipinski definition) is 10. The molecule has 1 amide bonds. The van der Waals surface area contributed by atoms with Crippen LogP contribution in [0.15, 0.2) is 24.5 Å². The lowest BCUT2D eigenvalue weighted by Crippen LogP contribution is -2.14. The van der Waals surface area contributed by atoms with Gasteiger partial charge in [-0.05, 0) is 44.7 Å². The summed E-state index contributed by atoms with van der Waals surface area (Å²) in [5.41, 5.74) is 1.92. The van der Waals surface area contributed by atoms with Crippen molar-refractivity contribution in [1.82, 2.24) is 30.1 Å². The Kier molecular flexibility index (Phi) is 7.15. The Bertz CT molecular complexity index is 1550. The summed E-state index contributed by atoms with van der Waals surface area (Å²) in [6.45, 7) is 1.72. The second-order valence-corrected chi connectivity index (χ2v) is 9.92. The number of rotatable bonds is 6. The van der Waals surface area contributed by atoms with Crippen molar-refractivity contribution in [3.63, 3.8) is 0 Å². The van der Waals surface area contributed by atoms with E-state index in [0.717, 1.165) is 37.4 Å². The fourth-order valence-corrected chi connectivity index (χ4v) is 5.28. The van der Waals surface area contributed by atoms with Crippen LogP contribution in [0.25, 0.3) is 21.6 Å². The minimum atomic E-state index is -2.85. The number of hydrogen-bond donors (Lipinski definition) is 1. The van der Waals surface area contributed by atoms with Crippen molar-refractivity contribution in [1.29, 1.82) is 5.26 Å². The highest BCUT2D eigenvalue weighted by atomic mass is 32.1. The second-order valence-electron chi connectivity index (χ2n) is 8.94. The van der Waals surface area contributed by atoms with E-state index in [1.165, 1.54) is 24.6 Å². The monoisotopic (exact) mass is 536 g/mol. The zero-order valence-corrected chi connectivity index (χ0v) is 21.3. The first kappa shape index (κ1) is 25.5. The summed E-state index contributed by atoms with van der Waals surface area (Å²) in [5.74, 6) is -0.211. The Morgan fingerprint density at radius 1 is 1.13 bits per heavy atom. The number of aryl methyl sites for hydroxylation is 1. The highest BCUT2D eigenvalue weighted by Gasteiger charge is 2.25. The number of ether oxygens (including phenoxy) is 1. The van der Waals surface area contributed by atoms with Crippen molar-refractivity contribution < 1.29 is 18.3 Å². The van der Waals surface area contributed by atoms with Crippen LogP contribution in [0.1, 0.15) is 65.5 Å². The quantitative estimate of drug-likeness (QED) is 0.350. The van der Waals surface area contributed by atoms with Gasteiger partial charge in [-0.25, -0.2) is 18.7 Å². The van der Waals surface area contributed by atoms with Crippen molar-refractivity contribution in [2.45, 2.75) is 45.0 Å². The molecule has 38 heavy (non-hydrogen) atoms. The molecule has 0 saturated heterocycles. The molecule has 4 aromatic rings. The number of halogens is 2. The Balaban J connectivity index is 1.43. The van der Waals surface area contributed by atoms with Crippen molar-refractivity contribution in [3.8, 4) is 23.1 Å². The van der Waals surface area contributed by atoms with Gasteiger partial charge in [-0.15, -0.1) is 10.2 Å². The average molecular weight is 537 g/mol. The van der Waals surface area contributed by atoms with Gasteiger partial charge in [0.2, 0.25) is 5.88 Å². The Labute approximate surface area is 220 Å². The van der Waals surface area contributed by atoms with E-state index in [-0.39, 0.29) is 34.0 Å². The third-order valence-corrected chi connectivity index (χ3v) is 7.32. The zero-order valence-electron chi connectivity index (χ0n) is 20.5. The van der Waals surface area contributed by atoms with E-state index in [1.54, 1.807) is 19.2 Å². The molecule has 10 nitrogen and oxygen atoms in total. The maximum absolute atomic E-state index is 13.3. The standard InChI is InChI=1S/C25H22F2N8O2S/c1-12-7-15(16-8-18(20(26)27)34-35-23(16)37-2)17(10-29-12)22(36)33-25-32-21-24(38-25)31-19(11-30-21)14-5-3-13(9-28)4-6-14/h7-8,10-11,13-14,20H,3-6H2,1-2H3,(H,30,32,33,36). The molecular formula is C25H22F2N8O2S. The first-order valence-electron chi connectivity index (χ1n) is 11.9. The van der Waals surface area contributed by atoms with Gasteiger partial charge >= 0.3 is 0 Å². The number of thiazole rings is 1. The molecule has 4 heterocycles. The number of nitriles is 1. The van der Waals surface area contributed by atoms with E-state index < -0.39 is 18.0 Å². The number of carbonyl (C=O) groups is 1. The molecule has 13 heteroatoms. The number of anilines is 1. The summed E-state index contributed by atoms with van der Waals surface area (Å²) in [6, 6.07) is 5.08. The molecule has 1 N–H and O–H groups in total. The van der Waals surface area contributed by atoms with Crippen LogP contribution >= 0.6 is 11.3 Å². The van der Waals surface area contributed by atoms with E-state index in [4.69, 9.17) is 15.0 Å². The van der Waals surface area contributed by atoms with Crippen molar-refractivity contribution in [3.05, 3.63) is 47.2 Å². The molecule has 0 aromatic carbocycles. The Hall–Kier alpha value is -4.18. The smallest absolute Gasteiger partial charge is 0.282 e. The van der Waals surface area contributed by atoms with E-state index >= 15 is 0 Å². The van der Waals surface area contributed by atoms with Gasteiger partial charge in [0.15, 0.2) is 15.6 Å². The fourth-order valence-electron chi connectivity index (χ4n) is 4.48. The molecule has 1 aliphatic rings. The van der Waals surface area contributed by atoms with Gasteiger partial charge in [0, 0.05) is 34.9 Å². The molecule has 0 unspecified atom stereocenters. The van der Waals surface area contributed by atoms with E-state index in [9.17, 15) is 13.6 Å². The zero-order chi connectivity index (χ0) is 26.8. The van der Waals surface area contributed by atoms with Crippen LogP contribution in [0.2, 0.25) is 0 Å². The van der Waals surface area contributed by atoms with Gasteiger partial charge < -0.3 is 4.74 Å². The minimum absolute atomic E-state index is 0.00114. The summed E-state index contributed by atoms with van der Waals surface area (Å²) < 4.78 is 31.9. The van der Waals surface area contributed by atoms with E-state index in [2.05, 4.69) is 36.5 Å². The number of methoxy groups -OCH3 is 1. The van der Waals surface area contributed by atoms with Crippen LogP contribution < -0.4 is 10.1 Å². The van der Waals surface area contributed by atoms with Gasteiger partial charge in [0.25, 0.3) is 12.3 Å². The molecule has 1 fully saturated rings. The summed E-state index contributed by atoms with van der Waals surface area (Å²) in [5, 5.41) is 19.4. The normalized spacial score (nSPS) is 17.4. The molecule has 194 valence electrons. The maximum Gasteiger partial charge on any atom is 0.282 e. The van der Waals surface area contributed by atoms with Crippen molar-refractivity contribution in [2.75, 3.05) is 12.4 Å². The van der Waals surface area contributed by atoms with Crippen molar-refractivity contribution in [2.24, 2.45) is 5.92 Å². The number of alkyl halides is 2. The predicted octanol–water partition coefficient (Wildman–Crippen LogP) is 5.24. The Morgan fingerprint density at radius 2 is 1.92 bits per heavy atom. The summed E-state index contributed by atoms with van der Waals surface area (Å²) in [4.78, 5) is 31.6. The number of nitrogens with zero attached hydrogens (tertiary/aromatic N) is 7. The molecule has 1 saturated carbocycles. The fraction of sp³-hybridized carbons (Fsp3) is 0.360. The molecule has 0 radical (unpaired) electrons. The molecule has 1 aliphatic carbocycles. The number of carbonyl (C=O) groups excluding carboxylic acids is 1. The molecule has 4 aromatic heterocycles. The number of aromatic nitrogens is 6. The molecular weight excluding hydrogens is 514 g/mol. The maximum atomic E-state index is 13.3. The first-order chi connectivity index (χ1) is 18.4. The molecule has 0 atom stereocenters. The van der Waals surface area contributed by atoms with Crippen molar-refractivity contribution >= 4 is 32.9 Å². The first-order valence-corrected chi connectivity index (χ1v) is 12.7. The average Bonchev–Trinajstić information content (AvgIpc) is 3.34. The van der Waals surface area contributed by atoms with Gasteiger partial charge in [0.05, 0.1) is 30.6 Å². The van der Waals surface area contributed by atoms with Crippen LogP contribution in [0, 0.1) is 24.2 Å². The number of fused-ring (bicyclic) bond motifs is 1. The third-order valence-electron chi connectivity index (χ3n) is 6.46.